The van der Waals surface area contributed by atoms with E-state index in [-0.39, 0.29) is 11.6 Å². The van der Waals surface area contributed by atoms with E-state index in [9.17, 15) is 9.59 Å². The van der Waals surface area contributed by atoms with E-state index < -0.39 is 0 Å². The Morgan fingerprint density at radius 2 is 1.02 bits per heavy atom. The van der Waals surface area contributed by atoms with Gasteiger partial charge in [-0.25, -0.2) is 9.97 Å². The first-order chi connectivity index (χ1) is 19.7. The SMILES string of the molecule is O=C1CCCc2nc3sccc3c(NCCCCCCCCCCNc3c4c(nc5sccc35)CCCC4=O)c21. The fourth-order valence-corrected chi connectivity index (χ4v) is 7.81. The monoisotopic (exact) mass is 574 g/mol. The molecule has 4 heterocycles. The molecule has 6 rings (SSSR count). The Balaban J connectivity index is 0.886. The summed E-state index contributed by atoms with van der Waals surface area (Å²) in [7, 11) is 0. The number of thiophene rings is 2. The van der Waals surface area contributed by atoms with Gasteiger partial charge in [0.25, 0.3) is 0 Å². The Morgan fingerprint density at radius 3 is 1.48 bits per heavy atom. The van der Waals surface area contributed by atoms with Gasteiger partial charge in [0.2, 0.25) is 0 Å². The molecule has 0 spiro atoms. The second kappa shape index (κ2) is 12.8. The maximum atomic E-state index is 12.7. The minimum Gasteiger partial charge on any atom is -0.384 e. The highest BCUT2D eigenvalue weighted by molar-refractivity contribution is 7.17. The van der Waals surface area contributed by atoms with Crippen LogP contribution in [0.4, 0.5) is 11.4 Å². The highest BCUT2D eigenvalue weighted by Crippen LogP contribution is 2.37. The number of ketones is 2. The zero-order valence-electron chi connectivity index (χ0n) is 23.2. The molecule has 0 saturated carbocycles. The van der Waals surface area contributed by atoms with Crippen LogP contribution in [-0.2, 0) is 12.8 Å². The largest absolute Gasteiger partial charge is 0.384 e. The van der Waals surface area contributed by atoms with Gasteiger partial charge in [-0.2, -0.15) is 0 Å². The lowest BCUT2D eigenvalue weighted by Gasteiger charge is -2.19. The number of nitrogens with one attached hydrogen (secondary N) is 2. The molecule has 2 aliphatic carbocycles. The number of hydrogen-bond acceptors (Lipinski definition) is 8. The van der Waals surface area contributed by atoms with E-state index in [2.05, 4.69) is 33.5 Å². The summed E-state index contributed by atoms with van der Waals surface area (Å²) in [5.41, 5.74) is 5.71. The summed E-state index contributed by atoms with van der Waals surface area (Å²) in [5, 5.41) is 13.6. The highest BCUT2D eigenvalue weighted by atomic mass is 32.1. The van der Waals surface area contributed by atoms with E-state index in [0.29, 0.717) is 12.8 Å². The molecule has 210 valence electrons. The van der Waals surface area contributed by atoms with Crippen LogP contribution in [0.2, 0.25) is 0 Å². The van der Waals surface area contributed by atoms with E-state index in [1.165, 1.54) is 38.5 Å². The topological polar surface area (TPSA) is 84.0 Å². The third-order valence-corrected chi connectivity index (χ3v) is 9.89. The molecule has 0 aromatic carbocycles. The van der Waals surface area contributed by atoms with Gasteiger partial charge in [0, 0.05) is 36.7 Å². The molecule has 40 heavy (non-hydrogen) atoms. The molecule has 0 atom stereocenters. The molecule has 0 unspecified atom stereocenters. The van der Waals surface area contributed by atoms with Crippen LogP contribution >= 0.6 is 22.7 Å². The number of aromatic nitrogens is 2. The minimum atomic E-state index is 0.243. The fraction of sp³-hybridized carbons (Fsp3) is 0.500. The summed E-state index contributed by atoms with van der Waals surface area (Å²) in [6.07, 6.45) is 14.6. The zero-order chi connectivity index (χ0) is 27.3. The van der Waals surface area contributed by atoms with Gasteiger partial charge in [-0.05, 0) is 61.4 Å². The van der Waals surface area contributed by atoms with Gasteiger partial charge in [0.05, 0.1) is 33.9 Å². The van der Waals surface area contributed by atoms with Crippen LogP contribution < -0.4 is 10.6 Å². The number of anilines is 2. The van der Waals surface area contributed by atoms with Crippen molar-refractivity contribution in [1.82, 2.24) is 9.97 Å². The van der Waals surface area contributed by atoms with Crippen LogP contribution in [0.5, 0.6) is 0 Å². The summed E-state index contributed by atoms with van der Waals surface area (Å²) in [6, 6.07) is 4.19. The summed E-state index contributed by atoms with van der Waals surface area (Å²) >= 11 is 3.32. The minimum absolute atomic E-state index is 0.243. The van der Waals surface area contributed by atoms with Gasteiger partial charge in [-0.15, -0.1) is 22.7 Å². The van der Waals surface area contributed by atoms with Crippen LogP contribution in [-0.4, -0.2) is 34.6 Å². The smallest absolute Gasteiger partial charge is 0.166 e. The summed E-state index contributed by atoms with van der Waals surface area (Å²) in [6.45, 7) is 1.80. The number of aryl methyl sites for hydroxylation is 2. The van der Waals surface area contributed by atoms with Gasteiger partial charge < -0.3 is 10.6 Å². The first kappa shape index (κ1) is 27.3. The number of carbonyl (C=O) groups excluding carboxylic acids is 2. The standard InChI is InChI=1S/C32H38N4O2S2/c37-25-13-9-11-23-27(25)29(21-15-19-39-31(21)35-23)33-17-7-5-3-1-2-4-6-8-18-34-30-22-16-20-40-32(22)36-24-12-10-14-26(38)28(24)30/h15-16,19-20H,1-14,17-18H2,(H,33,35)(H,34,36). The summed E-state index contributed by atoms with van der Waals surface area (Å²) < 4.78 is 0. The third kappa shape index (κ3) is 5.79. The van der Waals surface area contributed by atoms with Gasteiger partial charge in [-0.1, -0.05) is 38.5 Å². The Morgan fingerprint density at radius 1 is 0.600 bits per heavy atom. The number of hydrogen-bond donors (Lipinski definition) is 2. The molecule has 0 aliphatic heterocycles. The molecule has 0 saturated heterocycles. The Labute approximate surface area is 244 Å². The maximum Gasteiger partial charge on any atom is 0.166 e. The second-order valence-corrected chi connectivity index (χ2v) is 12.9. The molecule has 4 aromatic rings. The van der Waals surface area contributed by atoms with Gasteiger partial charge >= 0.3 is 0 Å². The van der Waals surface area contributed by atoms with Crippen molar-refractivity contribution in [2.24, 2.45) is 0 Å². The summed E-state index contributed by atoms with van der Waals surface area (Å²) in [5.74, 6) is 0.487. The number of Topliss-reactive ketones (excluding diaryl/α,β-unsaturated/α-hetero) is 2. The number of unbranched alkanes of at least 4 members (excludes halogenated alkanes) is 7. The van der Waals surface area contributed by atoms with E-state index >= 15 is 0 Å². The van der Waals surface area contributed by atoms with Gasteiger partial charge in [-0.3, -0.25) is 9.59 Å². The quantitative estimate of drug-likeness (QED) is 0.156. The van der Waals surface area contributed by atoms with Crippen molar-refractivity contribution in [2.75, 3.05) is 23.7 Å². The number of rotatable bonds is 13. The average Bonchev–Trinajstić information content (AvgIpc) is 3.62. The lowest BCUT2D eigenvalue weighted by atomic mass is 9.92. The molecular weight excluding hydrogens is 537 g/mol. The predicted octanol–water partition coefficient (Wildman–Crippen LogP) is 8.59. The van der Waals surface area contributed by atoms with Crippen molar-refractivity contribution < 1.29 is 9.59 Å². The average molecular weight is 575 g/mol. The van der Waals surface area contributed by atoms with Crippen LogP contribution in [0.25, 0.3) is 20.4 Å². The Bertz CT molecular complexity index is 1410. The zero-order valence-corrected chi connectivity index (χ0v) is 24.8. The first-order valence-corrected chi connectivity index (χ1v) is 16.8. The maximum absolute atomic E-state index is 12.7. The van der Waals surface area contributed by atoms with Crippen molar-refractivity contribution in [3.8, 4) is 0 Å². The van der Waals surface area contributed by atoms with Crippen molar-refractivity contribution in [1.29, 1.82) is 0 Å². The van der Waals surface area contributed by atoms with Crippen LogP contribution in [0, 0.1) is 0 Å². The summed E-state index contributed by atoms with van der Waals surface area (Å²) in [4.78, 5) is 37.0. The molecule has 6 nitrogen and oxygen atoms in total. The number of pyridine rings is 2. The highest BCUT2D eigenvalue weighted by Gasteiger charge is 2.26. The van der Waals surface area contributed by atoms with Gasteiger partial charge in [0.15, 0.2) is 11.6 Å². The number of carbonyl (C=O) groups is 2. The lowest BCUT2D eigenvalue weighted by molar-refractivity contribution is 0.0964. The fourth-order valence-electron chi connectivity index (χ4n) is 6.22. The van der Waals surface area contributed by atoms with E-state index in [1.54, 1.807) is 22.7 Å². The normalized spacial score (nSPS) is 15.0. The molecule has 4 aromatic heterocycles. The third-order valence-electron chi connectivity index (χ3n) is 8.28. The number of fused-ring (bicyclic) bond motifs is 4. The van der Waals surface area contributed by atoms with Crippen LogP contribution in [0.1, 0.15) is 109 Å². The van der Waals surface area contributed by atoms with Crippen molar-refractivity contribution in [3.63, 3.8) is 0 Å². The molecule has 2 aliphatic rings. The second-order valence-electron chi connectivity index (χ2n) is 11.1. The van der Waals surface area contributed by atoms with Crippen LogP contribution in [0.3, 0.4) is 0 Å². The van der Waals surface area contributed by atoms with Crippen molar-refractivity contribution >= 4 is 66.0 Å². The molecule has 0 fully saturated rings. The molecule has 0 bridgehead atoms. The molecule has 0 amide bonds. The molecule has 2 N–H and O–H groups in total. The van der Waals surface area contributed by atoms with E-state index in [0.717, 1.165) is 106 Å². The van der Waals surface area contributed by atoms with Crippen LogP contribution in [0.15, 0.2) is 22.9 Å². The predicted molar refractivity (Wildman–Crippen MR) is 168 cm³/mol. The van der Waals surface area contributed by atoms with Crippen molar-refractivity contribution in [2.45, 2.75) is 89.9 Å². The first-order valence-electron chi connectivity index (χ1n) is 15.0. The Hall–Kier alpha value is -2.84. The lowest BCUT2D eigenvalue weighted by Crippen LogP contribution is -2.17. The molecular formula is C32H38N4O2S2. The Kier molecular flexibility index (Phi) is 8.73. The number of nitrogens with zero attached hydrogens (tertiary/aromatic N) is 2. The molecule has 0 radical (unpaired) electrons. The van der Waals surface area contributed by atoms with Crippen molar-refractivity contribution in [3.05, 3.63) is 45.4 Å². The van der Waals surface area contributed by atoms with E-state index in [4.69, 9.17) is 9.97 Å². The van der Waals surface area contributed by atoms with Gasteiger partial charge in [0.1, 0.15) is 9.66 Å². The van der Waals surface area contributed by atoms with E-state index in [1.807, 2.05) is 0 Å². The molecule has 8 heteroatoms.